The third kappa shape index (κ3) is 4.97. The van der Waals surface area contributed by atoms with Gasteiger partial charge >= 0.3 is 0 Å². The Kier molecular flexibility index (Phi) is 7.33. The molecule has 8 nitrogen and oxygen atoms in total. The van der Waals surface area contributed by atoms with Gasteiger partial charge in [-0.15, -0.1) is 11.3 Å². The first kappa shape index (κ1) is 26.4. The zero-order valence-corrected chi connectivity index (χ0v) is 23.1. The molecular formula is C29H35N5O3S. The summed E-state index contributed by atoms with van der Waals surface area (Å²) in [6, 6.07) is 9.97. The van der Waals surface area contributed by atoms with Crippen molar-refractivity contribution in [1.29, 1.82) is 0 Å². The first-order chi connectivity index (χ1) is 18.2. The van der Waals surface area contributed by atoms with Crippen molar-refractivity contribution >= 4 is 28.3 Å². The van der Waals surface area contributed by atoms with Crippen molar-refractivity contribution in [3.8, 4) is 0 Å². The zero-order chi connectivity index (χ0) is 27.0. The number of benzene rings is 1. The van der Waals surface area contributed by atoms with E-state index in [0.29, 0.717) is 11.7 Å². The molecule has 1 fully saturated rings. The molecule has 6 atom stereocenters. The standard InChI is InChI=1S/C29H35N5O3S/c1-17(27(37)34(4)16-19-8-6-5-7-9-19)20-10-11-29(3)14-22-24(18(2)23(29)25(20)35)32-28(38-22)33-26(36)21-15-30-12-13-31-21/h5-9,12-13,15,17-18,20,23,25,35H,10-11,14,16H2,1-4H3,(H,32,33,36). The molecule has 38 heavy (non-hydrogen) atoms. The molecule has 2 aliphatic rings. The van der Waals surface area contributed by atoms with Gasteiger partial charge in [0, 0.05) is 42.7 Å². The molecule has 3 aromatic rings. The fraction of sp³-hybridized carbons (Fsp3) is 0.483. The lowest BCUT2D eigenvalue weighted by Crippen LogP contribution is -2.53. The Balaban J connectivity index is 1.31. The highest BCUT2D eigenvalue weighted by Crippen LogP contribution is 2.57. The number of hydrogen-bond donors (Lipinski definition) is 2. The molecule has 0 saturated heterocycles. The summed E-state index contributed by atoms with van der Waals surface area (Å²) >= 11 is 1.50. The molecule has 2 aliphatic carbocycles. The van der Waals surface area contributed by atoms with E-state index in [2.05, 4.69) is 29.1 Å². The van der Waals surface area contributed by atoms with E-state index in [0.717, 1.165) is 35.4 Å². The number of carbonyl (C=O) groups is 2. The zero-order valence-electron chi connectivity index (χ0n) is 22.3. The highest BCUT2D eigenvalue weighted by molar-refractivity contribution is 7.15. The predicted molar refractivity (Wildman–Crippen MR) is 147 cm³/mol. The van der Waals surface area contributed by atoms with E-state index in [1.54, 1.807) is 4.90 Å². The minimum absolute atomic E-state index is 0.00400. The van der Waals surface area contributed by atoms with Gasteiger partial charge in [-0.05, 0) is 42.1 Å². The summed E-state index contributed by atoms with van der Waals surface area (Å²) in [7, 11) is 1.84. The number of aliphatic hydroxyl groups excluding tert-OH is 1. The van der Waals surface area contributed by atoms with E-state index in [9.17, 15) is 14.7 Å². The SMILES string of the molecule is CC(C(=O)N(C)Cc1ccccc1)C1CCC2(C)Cc3sc(NC(=O)c4cnccn4)nc3C(C)C2C1O. The Morgan fingerprint density at radius 2 is 2.03 bits per heavy atom. The second-order valence-corrected chi connectivity index (χ2v) is 12.3. The normalized spacial score (nSPS) is 27.1. The third-order valence-electron chi connectivity index (χ3n) is 8.61. The number of nitrogens with zero attached hydrogens (tertiary/aromatic N) is 4. The Bertz CT molecular complexity index is 1300. The van der Waals surface area contributed by atoms with Crippen LogP contribution in [-0.2, 0) is 17.8 Å². The summed E-state index contributed by atoms with van der Waals surface area (Å²) in [6.45, 7) is 6.88. The van der Waals surface area contributed by atoms with Crippen LogP contribution in [0.1, 0.15) is 66.2 Å². The predicted octanol–water partition coefficient (Wildman–Crippen LogP) is 4.53. The van der Waals surface area contributed by atoms with Gasteiger partial charge in [0.05, 0.1) is 18.0 Å². The second kappa shape index (κ2) is 10.5. The Morgan fingerprint density at radius 1 is 1.26 bits per heavy atom. The molecule has 0 radical (unpaired) electrons. The van der Waals surface area contributed by atoms with Crippen LogP contribution in [-0.4, -0.2) is 49.9 Å². The molecule has 1 saturated carbocycles. The van der Waals surface area contributed by atoms with E-state index in [-0.39, 0.29) is 46.6 Å². The topological polar surface area (TPSA) is 108 Å². The molecule has 9 heteroatoms. The van der Waals surface area contributed by atoms with E-state index >= 15 is 0 Å². The molecule has 6 unspecified atom stereocenters. The average molecular weight is 534 g/mol. The molecule has 0 spiro atoms. The van der Waals surface area contributed by atoms with Crippen LogP contribution in [0.2, 0.25) is 0 Å². The van der Waals surface area contributed by atoms with Gasteiger partial charge in [-0.3, -0.25) is 19.9 Å². The lowest BCUT2D eigenvalue weighted by Gasteiger charge is -2.53. The van der Waals surface area contributed by atoms with Gasteiger partial charge in [-0.1, -0.05) is 51.1 Å². The van der Waals surface area contributed by atoms with Crippen molar-refractivity contribution in [3.63, 3.8) is 0 Å². The van der Waals surface area contributed by atoms with Crippen LogP contribution in [0.3, 0.4) is 0 Å². The van der Waals surface area contributed by atoms with Gasteiger partial charge in [-0.2, -0.15) is 0 Å². The number of nitrogens with one attached hydrogen (secondary N) is 1. The fourth-order valence-electron chi connectivity index (χ4n) is 6.64. The Hall–Kier alpha value is -3.17. The molecule has 5 rings (SSSR count). The number of fused-ring (bicyclic) bond motifs is 2. The Labute approximate surface area is 227 Å². The number of thiazole rings is 1. The average Bonchev–Trinajstić information content (AvgIpc) is 3.30. The first-order valence-corrected chi connectivity index (χ1v) is 14.0. The van der Waals surface area contributed by atoms with Crippen molar-refractivity contribution in [2.75, 3.05) is 12.4 Å². The largest absolute Gasteiger partial charge is 0.392 e. The fourth-order valence-corrected chi connectivity index (χ4v) is 7.90. The van der Waals surface area contributed by atoms with Gasteiger partial charge in [0.1, 0.15) is 5.69 Å². The first-order valence-electron chi connectivity index (χ1n) is 13.2. The summed E-state index contributed by atoms with van der Waals surface area (Å²) in [5, 5.41) is 15.1. The van der Waals surface area contributed by atoms with Crippen molar-refractivity contribution < 1.29 is 14.7 Å². The smallest absolute Gasteiger partial charge is 0.277 e. The monoisotopic (exact) mass is 533 g/mol. The van der Waals surface area contributed by atoms with Gasteiger partial charge in [0.2, 0.25) is 5.91 Å². The highest BCUT2D eigenvalue weighted by Gasteiger charge is 2.54. The maximum absolute atomic E-state index is 13.4. The van der Waals surface area contributed by atoms with Crippen LogP contribution in [0.25, 0.3) is 0 Å². The summed E-state index contributed by atoms with van der Waals surface area (Å²) in [5.41, 5.74) is 2.17. The molecular weight excluding hydrogens is 498 g/mol. The molecule has 1 aromatic carbocycles. The van der Waals surface area contributed by atoms with Gasteiger partial charge in [0.15, 0.2) is 5.13 Å². The van der Waals surface area contributed by atoms with Crippen LogP contribution in [0.4, 0.5) is 5.13 Å². The minimum atomic E-state index is -0.611. The lowest BCUT2D eigenvalue weighted by atomic mass is 9.53. The lowest BCUT2D eigenvalue weighted by molar-refractivity contribution is -0.144. The molecule has 2 aromatic heterocycles. The summed E-state index contributed by atoms with van der Waals surface area (Å²) in [5.74, 6) is -0.689. The van der Waals surface area contributed by atoms with E-state index in [1.165, 1.54) is 29.9 Å². The number of anilines is 1. The van der Waals surface area contributed by atoms with E-state index in [1.807, 2.05) is 44.3 Å². The molecule has 0 aliphatic heterocycles. The Morgan fingerprint density at radius 3 is 2.74 bits per heavy atom. The van der Waals surface area contributed by atoms with Crippen molar-refractivity contribution in [2.45, 2.75) is 58.6 Å². The van der Waals surface area contributed by atoms with Crippen LogP contribution in [0, 0.1) is 23.2 Å². The number of carbonyl (C=O) groups excluding carboxylic acids is 2. The summed E-state index contributed by atoms with van der Waals surface area (Å²) < 4.78 is 0. The van der Waals surface area contributed by atoms with Crippen LogP contribution >= 0.6 is 11.3 Å². The number of aliphatic hydroxyl groups is 1. The minimum Gasteiger partial charge on any atom is -0.392 e. The quantitative estimate of drug-likeness (QED) is 0.482. The van der Waals surface area contributed by atoms with Gasteiger partial charge in [0.25, 0.3) is 5.91 Å². The van der Waals surface area contributed by atoms with E-state index in [4.69, 9.17) is 4.98 Å². The molecule has 2 heterocycles. The molecule has 2 amide bonds. The maximum Gasteiger partial charge on any atom is 0.277 e. The highest BCUT2D eigenvalue weighted by atomic mass is 32.1. The molecule has 2 N–H and O–H groups in total. The maximum atomic E-state index is 13.4. The molecule has 200 valence electrons. The second-order valence-electron chi connectivity index (χ2n) is 11.2. The number of aromatic nitrogens is 3. The van der Waals surface area contributed by atoms with Crippen LogP contribution in [0.15, 0.2) is 48.9 Å². The van der Waals surface area contributed by atoms with Crippen LogP contribution < -0.4 is 5.32 Å². The number of rotatable bonds is 6. The number of hydrogen-bond acceptors (Lipinski definition) is 7. The summed E-state index contributed by atoms with van der Waals surface area (Å²) in [6.07, 6.45) is 6.36. The van der Waals surface area contributed by atoms with Crippen molar-refractivity contribution in [2.24, 2.45) is 23.2 Å². The number of amides is 2. The molecule has 0 bridgehead atoms. The van der Waals surface area contributed by atoms with Gasteiger partial charge in [-0.25, -0.2) is 9.97 Å². The van der Waals surface area contributed by atoms with Gasteiger partial charge < -0.3 is 10.0 Å². The third-order valence-corrected chi connectivity index (χ3v) is 9.60. The summed E-state index contributed by atoms with van der Waals surface area (Å²) in [4.78, 5) is 41.7. The van der Waals surface area contributed by atoms with E-state index < -0.39 is 6.10 Å². The van der Waals surface area contributed by atoms with Crippen molar-refractivity contribution in [3.05, 3.63) is 70.8 Å². The van der Waals surface area contributed by atoms with Crippen LogP contribution in [0.5, 0.6) is 0 Å². The van der Waals surface area contributed by atoms with Crippen molar-refractivity contribution in [1.82, 2.24) is 19.9 Å².